The van der Waals surface area contributed by atoms with Crippen LogP contribution in [0.15, 0.2) is 0 Å². The molecule has 0 amide bonds. The van der Waals surface area contributed by atoms with E-state index in [0.717, 1.165) is 35.5 Å². The Morgan fingerprint density at radius 2 is 1.25 bits per heavy atom. The highest BCUT2D eigenvalue weighted by Crippen LogP contribution is 2.85. The quantitative estimate of drug-likeness (QED) is 0.503. The highest BCUT2D eigenvalue weighted by atomic mass is 35.5. The molecule has 0 spiro atoms. The zero-order valence-electron chi connectivity index (χ0n) is 7.04. The average Bonchev–Trinajstić information content (AvgIpc) is 2.90. The second-order valence-electron chi connectivity index (χ2n) is 5.92. The lowest BCUT2D eigenvalue weighted by molar-refractivity contribution is 0.152. The second-order valence-corrected chi connectivity index (χ2v) is 6.58. The molecule has 0 saturated heterocycles. The number of hydrogen-bond acceptors (Lipinski definition) is 0. The highest BCUT2D eigenvalue weighted by Gasteiger charge is 2.83. The Hall–Kier alpha value is 0.290. The maximum atomic E-state index is 6.87. The summed E-state index contributed by atoms with van der Waals surface area (Å²) in [4.78, 5) is 0.356. The van der Waals surface area contributed by atoms with Crippen molar-refractivity contribution in [3.63, 3.8) is 0 Å². The first-order valence-electron chi connectivity index (χ1n) is 5.50. The Morgan fingerprint density at radius 3 is 1.67 bits per heavy atom. The van der Waals surface area contributed by atoms with Crippen LogP contribution in [-0.4, -0.2) is 4.87 Å². The summed E-state index contributed by atoms with van der Waals surface area (Å²) >= 11 is 6.87. The van der Waals surface area contributed by atoms with Gasteiger partial charge < -0.3 is 0 Å². The normalized spacial score (nSPS) is 85.2. The minimum atomic E-state index is 0.356. The van der Waals surface area contributed by atoms with Gasteiger partial charge in [0.2, 0.25) is 0 Å². The molecule has 1 heteroatoms. The molecule has 2 bridgehead atoms. The zero-order valence-corrected chi connectivity index (χ0v) is 7.80. The maximum absolute atomic E-state index is 6.87. The third-order valence-corrected chi connectivity index (χ3v) is 6.55. The lowest BCUT2D eigenvalue weighted by Crippen LogP contribution is -2.43. The summed E-state index contributed by atoms with van der Waals surface area (Å²) in [7, 11) is 0. The molecule has 6 aliphatic carbocycles. The van der Waals surface area contributed by atoms with Crippen LogP contribution in [0, 0.1) is 41.4 Å². The molecule has 6 rings (SSSR count). The molecule has 6 atom stereocenters. The highest BCUT2D eigenvalue weighted by molar-refractivity contribution is 6.25. The molecule has 0 N–H and O–H groups in total. The van der Waals surface area contributed by atoms with Gasteiger partial charge in [-0.1, -0.05) is 0 Å². The van der Waals surface area contributed by atoms with Crippen LogP contribution in [0.3, 0.4) is 0 Å². The Labute approximate surface area is 77.7 Å². The van der Waals surface area contributed by atoms with E-state index in [0.29, 0.717) is 4.87 Å². The SMILES string of the molecule is ClC12C3CC3C(C3CC31)C1CC12. The second kappa shape index (κ2) is 1.30. The lowest BCUT2D eigenvalue weighted by atomic mass is 9.70. The maximum Gasteiger partial charge on any atom is 0.0539 e. The average molecular weight is 181 g/mol. The Morgan fingerprint density at radius 1 is 0.833 bits per heavy atom. The van der Waals surface area contributed by atoms with Gasteiger partial charge in [-0.15, -0.1) is 11.6 Å². The molecule has 6 unspecified atom stereocenters. The van der Waals surface area contributed by atoms with Gasteiger partial charge in [0.1, 0.15) is 0 Å². The van der Waals surface area contributed by atoms with Crippen molar-refractivity contribution in [2.75, 3.05) is 0 Å². The van der Waals surface area contributed by atoms with Crippen LogP contribution in [0.5, 0.6) is 0 Å². The van der Waals surface area contributed by atoms with Gasteiger partial charge in [-0.05, 0) is 60.7 Å². The van der Waals surface area contributed by atoms with Crippen molar-refractivity contribution in [1.29, 1.82) is 0 Å². The molecule has 12 heavy (non-hydrogen) atoms. The van der Waals surface area contributed by atoms with Gasteiger partial charge >= 0.3 is 0 Å². The van der Waals surface area contributed by atoms with Crippen LogP contribution in [-0.2, 0) is 0 Å². The van der Waals surface area contributed by atoms with Gasteiger partial charge in [-0.3, -0.25) is 0 Å². The summed E-state index contributed by atoms with van der Waals surface area (Å²) in [5, 5.41) is 0. The molecule has 6 fully saturated rings. The predicted molar refractivity (Wildman–Crippen MR) is 46.9 cm³/mol. The summed E-state index contributed by atoms with van der Waals surface area (Å²) in [6.07, 6.45) is 4.52. The van der Waals surface area contributed by atoms with Crippen molar-refractivity contribution in [3.8, 4) is 0 Å². The smallest absolute Gasteiger partial charge is 0.0539 e. The minimum absolute atomic E-state index is 0.356. The molecule has 0 nitrogen and oxygen atoms in total. The van der Waals surface area contributed by atoms with Gasteiger partial charge in [0, 0.05) is 0 Å². The Kier molecular flexibility index (Phi) is 0.641. The topological polar surface area (TPSA) is 0 Å². The first-order valence-corrected chi connectivity index (χ1v) is 5.88. The van der Waals surface area contributed by atoms with E-state index in [9.17, 15) is 0 Å². The van der Waals surface area contributed by atoms with Crippen molar-refractivity contribution in [2.45, 2.75) is 24.1 Å². The van der Waals surface area contributed by atoms with Crippen molar-refractivity contribution >= 4 is 11.6 Å². The Bertz CT molecular complexity index is 252. The molecular formula is C11H13Cl. The molecule has 0 heterocycles. The standard InChI is InChI=1S/C11H13Cl/c12-11-7-1-4(7)10(5-2-8(5)11)6-3-9(6)11/h4-10H,1-3H2. The number of halogens is 1. The molecule has 0 aliphatic heterocycles. The van der Waals surface area contributed by atoms with Crippen molar-refractivity contribution < 1.29 is 0 Å². The first kappa shape index (κ1) is 5.90. The van der Waals surface area contributed by atoms with Gasteiger partial charge in [-0.25, -0.2) is 0 Å². The summed E-state index contributed by atoms with van der Waals surface area (Å²) in [5.41, 5.74) is 0. The van der Waals surface area contributed by atoms with E-state index in [-0.39, 0.29) is 0 Å². The minimum Gasteiger partial charge on any atom is -0.118 e. The fourth-order valence-corrected chi connectivity index (χ4v) is 5.98. The summed E-state index contributed by atoms with van der Waals surface area (Å²) in [5.74, 6) is 7.44. The number of rotatable bonds is 0. The molecule has 6 aliphatic rings. The van der Waals surface area contributed by atoms with E-state index in [1.54, 1.807) is 0 Å². The number of alkyl halides is 1. The van der Waals surface area contributed by atoms with Gasteiger partial charge in [0.25, 0.3) is 0 Å². The predicted octanol–water partition coefficient (Wildman–Crippen LogP) is 2.52. The van der Waals surface area contributed by atoms with Crippen LogP contribution in [0.4, 0.5) is 0 Å². The van der Waals surface area contributed by atoms with Crippen LogP contribution in [0.2, 0.25) is 0 Å². The fraction of sp³-hybridized carbons (Fsp3) is 1.00. The van der Waals surface area contributed by atoms with Crippen LogP contribution >= 0.6 is 11.6 Å². The van der Waals surface area contributed by atoms with Crippen molar-refractivity contribution in [2.24, 2.45) is 41.4 Å². The van der Waals surface area contributed by atoms with Crippen LogP contribution < -0.4 is 0 Å². The molecule has 6 saturated carbocycles. The molecule has 0 radical (unpaired) electrons. The first-order chi connectivity index (χ1) is 5.82. The largest absolute Gasteiger partial charge is 0.118 e. The van der Waals surface area contributed by atoms with Crippen LogP contribution in [0.25, 0.3) is 0 Å². The van der Waals surface area contributed by atoms with Crippen LogP contribution in [0.1, 0.15) is 19.3 Å². The van der Waals surface area contributed by atoms with Gasteiger partial charge in [0.15, 0.2) is 0 Å². The van der Waals surface area contributed by atoms with Crippen molar-refractivity contribution in [1.82, 2.24) is 0 Å². The van der Waals surface area contributed by atoms with E-state index in [1.165, 1.54) is 25.2 Å². The third kappa shape index (κ3) is 0.381. The molecular weight excluding hydrogens is 168 g/mol. The van der Waals surface area contributed by atoms with E-state index in [1.807, 2.05) is 0 Å². The fourth-order valence-electron chi connectivity index (χ4n) is 5.22. The summed E-state index contributed by atoms with van der Waals surface area (Å²) < 4.78 is 0. The molecule has 0 aromatic carbocycles. The Balaban J connectivity index is 1.80. The zero-order chi connectivity index (χ0) is 7.66. The molecule has 0 aromatic rings. The summed E-state index contributed by atoms with van der Waals surface area (Å²) in [6, 6.07) is 0. The van der Waals surface area contributed by atoms with E-state index < -0.39 is 0 Å². The van der Waals surface area contributed by atoms with Crippen molar-refractivity contribution in [3.05, 3.63) is 0 Å². The van der Waals surface area contributed by atoms with E-state index in [4.69, 9.17) is 11.6 Å². The molecule has 0 aromatic heterocycles. The van der Waals surface area contributed by atoms with Gasteiger partial charge in [-0.2, -0.15) is 0 Å². The third-order valence-electron chi connectivity index (χ3n) is 5.71. The monoisotopic (exact) mass is 180 g/mol. The van der Waals surface area contributed by atoms with E-state index in [2.05, 4.69) is 0 Å². The van der Waals surface area contributed by atoms with E-state index >= 15 is 0 Å². The number of hydrogen-bond donors (Lipinski definition) is 0. The van der Waals surface area contributed by atoms with Gasteiger partial charge in [0.05, 0.1) is 4.87 Å². The lowest BCUT2D eigenvalue weighted by Gasteiger charge is -2.41. The molecule has 64 valence electrons. The summed E-state index contributed by atoms with van der Waals surface area (Å²) in [6.45, 7) is 0.